The van der Waals surface area contributed by atoms with Gasteiger partial charge in [-0.25, -0.2) is 9.98 Å². The fraction of sp³-hybridized carbons (Fsp3) is 0.228. The van der Waals surface area contributed by atoms with Crippen molar-refractivity contribution < 1.29 is 0 Å². The van der Waals surface area contributed by atoms with Gasteiger partial charge in [-0.05, 0) is 94.1 Å². The van der Waals surface area contributed by atoms with Crippen molar-refractivity contribution in [2.45, 2.75) is 69.9 Å². The molecule has 2 heterocycles. The van der Waals surface area contributed by atoms with Crippen LogP contribution in [0.3, 0.4) is 0 Å². The highest BCUT2D eigenvalue weighted by atomic mass is 15.3. The maximum Gasteiger partial charge on any atom is 0.211 e. The first kappa shape index (κ1) is 36.3. The topological polar surface area (TPSA) is 41.7 Å². The second-order valence-electron chi connectivity index (χ2n) is 18.8. The number of amidine groups is 1. The Morgan fingerprint density at radius 1 is 0.705 bits per heavy atom. The van der Waals surface area contributed by atoms with Crippen LogP contribution in [0.1, 0.15) is 81.0 Å². The maximum atomic E-state index is 5.77. The van der Waals surface area contributed by atoms with Crippen LogP contribution in [0.25, 0.3) is 43.4 Å². The lowest BCUT2D eigenvalue weighted by molar-refractivity contribution is 0.432. The SMILES string of the molecule is CC1CC(C2(C)C=CC=CC2)=CC=C1C1(C)N=C(c2ccc(C3C=CC=CC3)cc2)NC(n2c3cccc4c3c3c5c(cc6ccccc6c5ccc32)C2C=CC=CC42C)=N1. The van der Waals surface area contributed by atoms with Crippen molar-refractivity contribution in [1.82, 2.24) is 9.88 Å². The standard InChI is InChI=1S/C57H50N4/c1-36-34-41(55(2)31-12-6-13-32-55)27-29-45(36)57(4)59-53(39-25-23-38(24-26-39)37-16-7-5-8-17-37)58-54(60-57)61-48-22-15-21-47-51(48)52-49(61)30-28-43-42-19-10-9-18-40(42)35-44(50(43)52)46-20-11-14-33-56(46,47)3/h5-16,18-31,33,35-37,46H,17,32,34H2,1-4H3,(H,58,59,60). The minimum Gasteiger partial charge on any atom is -0.310 e. The number of hydrogen-bond donors (Lipinski definition) is 1. The first-order chi connectivity index (χ1) is 29.7. The molecule has 0 saturated heterocycles. The van der Waals surface area contributed by atoms with E-state index in [1.807, 2.05) is 0 Å². The normalized spacial score (nSPS) is 28.6. The zero-order valence-corrected chi connectivity index (χ0v) is 35.4. The van der Waals surface area contributed by atoms with Gasteiger partial charge in [0.15, 0.2) is 5.66 Å². The van der Waals surface area contributed by atoms with Crippen LogP contribution in [-0.4, -0.2) is 22.0 Å². The second kappa shape index (κ2) is 13.2. The summed E-state index contributed by atoms with van der Waals surface area (Å²) in [5.41, 5.74) is 9.04. The molecule has 6 aliphatic rings. The Morgan fingerprint density at radius 2 is 1.52 bits per heavy atom. The quantitative estimate of drug-likeness (QED) is 0.178. The van der Waals surface area contributed by atoms with Crippen LogP contribution in [0.4, 0.5) is 0 Å². The lowest BCUT2D eigenvalue weighted by Crippen LogP contribution is -2.46. The molecule has 1 aromatic heterocycles. The van der Waals surface area contributed by atoms with Crippen molar-refractivity contribution in [3.63, 3.8) is 0 Å². The van der Waals surface area contributed by atoms with Crippen LogP contribution < -0.4 is 5.32 Å². The highest BCUT2D eigenvalue weighted by molar-refractivity contribution is 6.30. The molecule has 0 radical (unpaired) electrons. The average molecular weight is 791 g/mol. The van der Waals surface area contributed by atoms with Crippen molar-refractivity contribution >= 4 is 55.1 Å². The van der Waals surface area contributed by atoms with Gasteiger partial charge in [0, 0.05) is 39.0 Å². The third-order valence-electron chi connectivity index (χ3n) is 15.0. The monoisotopic (exact) mass is 790 g/mol. The molecule has 6 unspecified atom stereocenters. The number of rotatable bonds is 4. The summed E-state index contributed by atoms with van der Waals surface area (Å²) in [6.07, 6.45) is 35.0. The van der Waals surface area contributed by atoms with Crippen molar-refractivity contribution in [3.05, 3.63) is 203 Å². The van der Waals surface area contributed by atoms with Crippen LogP contribution in [-0.2, 0) is 5.41 Å². The molecule has 12 rings (SSSR count). The van der Waals surface area contributed by atoms with Gasteiger partial charge >= 0.3 is 0 Å². The molecule has 4 heteroatoms. The minimum atomic E-state index is -0.847. The zero-order valence-electron chi connectivity index (χ0n) is 35.4. The Morgan fingerprint density at radius 3 is 2.34 bits per heavy atom. The Kier molecular flexibility index (Phi) is 7.89. The molecular weight excluding hydrogens is 741 g/mol. The van der Waals surface area contributed by atoms with Gasteiger partial charge in [0.1, 0.15) is 5.84 Å². The summed E-state index contributed by atoms with van der Waals surface area (Å²) in [4.78, 5) is 11.4. The number of nitrogens with one attached hydrogen (secondary N) is 1. The molecule has 5 aromatic carbocycles. The predicted octanol–water partition coefficient (Wildman–Crippen LogP) is 13.6. The maximum absolute atomic E-state index is 5.77. The first-order valence-electron chi connectivity index (χ1n) is 22.2. The number of aliphatic imine (C=N–C) groups is 2. The van der Waals surface area contributed by atoms with Crippen LogP contribution in [0, 0.1) is 11.3 Å². The molecule has 0 amide bonds. The molecular formula is C57H50N4. The molecule has 6 atom stereocenters. The molecule has 4 nitrogen and oxygen atoms in total. The van der Waals surface area contributed by atoms with Crippen molar-refractivity contribution in [2.75, 3.05) is 0 Å². The molecule has 0 bridgehead atoms. The minimum absolute atomic E-state index is 0.0194. The van der Waals surface area contributed by atoms with Crippen molar-refractivity contribution in [1.29, 1.82) is 0 Å². The summed E-state index contributed by atoms with van der Waals surface area (Å²) in [7, 11) is 0. The van der Waals surface area contributed by atoms with E-state index in [1.54, 1.807) is 0 Å². The molecule has 6 aromatic rings. The van der Waals surface area contributed by atoms with E-state index in [1.165, 1.54) is 60.2 Å². The third kappa shape index (κ3) is 5.37. The van der Waals surface area contributed by atoms with E-state index in [-0.39, 0.29) is 22.7 Å². The second-order valence-corrected chi connectivity index (χ2v) is 18.8. The molecule has 0 spiro atoms. The summed E-state index contributed by atoms with van der Waals surface area (Å²) in [5, 5.41) is 11.7. The Bertz CT molecular complexity index is 3210. The molecule has 0 fully saturated rings. The van der Waals surface area contributed by atoms with Crippen LogP contribution >= 0.6 is 0 Å². The van der Waals surface area contributed by atoms with E-state index in [2.05, 4.69) is 208 Å². The van der Waals surface area contributed by atoms with Gasteiger partial charge in [-0.2, -0.15) is 0 Å². The lowest BCUT2D eigenvalue weighted by atomic mass is 9.66. The Hall–Kier alpha value is -6.52. The van der Waals surface area contributed by atoms with Gasteiger partial charge in [0.25, 0.3) is 0 Å². The Balaban J connectivity index is 1.10. The third-order valence-corrected chi connectivity index (χ3v) is 15.0. The highest BCUT2D eigenvalue weighted by Gasteiger charge is 2.43. The van der Waals surface area contributed by atoms with Gasteiger partial charge in [-0.1, -0.05) is 178 Å². The predicted molar refractivity (Wildman–Crippen MR) is 257 cm³/mol. The molecule has 61 heavy (non-hydrogen) atoms. The van der Waals surface area contributed by atoms with E-state index in [0.29, 0.717) is 5.92 Å². The van der Waals surface area contributed by atoms with E-state index >= 15 is 0 Å². The summed E-state index contributed by atoms with van der Waals surface area (Å²) in [6.45, 7) is 9.39. The molecule has 1 aliphatic heterocycles. The number of allylic oxidation sites excluding steroid dienone is 15. The Labute approximate surface area is 358 Å². The van der Waals surface area contributed by atoms with Gasteiger partial charge in [0.05, 0.1) is 11.0 Å². The first-order valence-corrected chi connectivity index (χ1v) is 22.2. The summed E-state index contributed by atoms with van der Waals surface area (Å²) in [6, 6.07) is 32.1. The summed E-state index contributed by atoms with van der Waals surface area (Å²) in [5.74, 6) is 2.46. The molecule has 298 valence electrons. The van der Waals surface area contributed by atoms with Gasteiger partial charge < -0.3 is 5.32 Å². The molecule has 1 N–H and O–H groups in total. The largest absolute Gasteiger partial charge is 0.310 e. The summed E-state index contributed by atoms with van der Waals surface area (Å²) < 4.78 is 2.41. The van der Waals surface area contributed by atoms with Crippen molar-refractivity contribution in [3.8, 4) is 0 Å². The summed E-state index contributed by atoms with van der Waals surface area (Å²) >= 11 is 0. The van der Waals surface area contributed by atoms with E-state index < -0.39 is 5.66 Å². The smallest absolute Gasteiger partial charge is 0.211 e. The lowest BCUT2D eigenvalue weighted by Gasteiger charge is -2.39. The number of benzene rings is 5. The van der Waals surface area contributed by atoms with Gasteiger partial charge in [-0.15, -0.1) is 0 Å². The van der Waals surface area contributed by atoms with Crippen LogP contribution in [0.2, 0.25) is 0 Å². The number of hydrogen-bond acceptors (Lipinski definition) is 3. The van der Waals surface area contributed by atoms with Gasteiger partial charge in [-0.3, -0.25) is 4.57 Å². The number of aromatic nitrogens is 1. The average Bonchev–Trinajstić information content (AvgIpc) is 3.59. The van der Waals surface area contributed by atoms with Crippen LogP contribution in [0.15, 0.2) is 191 Å². The molecule has 5 aliphatic carbocycles. The van der Waals surface area contributed by atoms with E-state index in [9.17, 15) is 0 Å². The van der Waals surface area contributed by atoms with E-state index in [0.717, 1.165) is 47.7 Å². The molecule has 0 saturated carbocycles. The van der Waals surface area contributed by atoms with E-state index in [4.69, 9.17) is 9.98 Å². The highest BCUT2D eigenvalue weighted by Crippen LogP contribution is 2.55. The van der Waals surface area contributed by atoms with Gasteiger partial charge in [0.2, 0.25) is 5.96 Å². The number of fused-ring (bicyclic) bond motifs is 5. The fourth-order valence-electron chi connectivity index (χ4n) is 11.7. The zero-order chi connectivity index (χ0) is 41.1. The van der Waals surface area contributed by atoms with Crippen molar-refractivity contribution in [2.24, 2.45) is 21.3 Å². The number of nitrogens with zero attached hydrogens (tertiary/aromatic N) is 3. The fourth-order valence-corrected chi connectivity index (χ4v) is 11.7. The van der Waals surface area contributed by atoms with Crippen LogP contribution in [0.5, 0.6) is 0 Å².